The average Bonchev–Trinajstić information content (AvgIpc) is 2.60. The molecule has 0 aliphatic carbocycles. The SMILES string of the molecule is Cc1ccc(C(=O)C(=O)/C=C/N(C)C)o1. The Morgan fingerprint density at radius 3 is 2.47 bits per heavy atom. The summed E-state index contributed by atoms with van der Waals surface area (Å²) in [5.74, 6) is -0.511. The number of Topliss-reactive ketones (excluding diaryl/α,β-unsaturated/α-hetero) is 1. The second-order valence-electron chi connectivity index (χ2n) is 3.38. The molecule has 1 aromatic rings. The predicted octanol–water partition coefficient (Wildman–Crippen LogP) is 1.42. The molecule has 80 valence electrons. The van der Waals surface area contributed by atoms with Gasteiger partial charge in [0, 0.05) is 26.4 Å². The number of furan rings is 1. The van der Waals surface area contributed by atoms with Crippen LogP contribution in [0.4, 0.5) is 0 Å². The molecule has 15 heavy (non-hydrogen) atoms. The van der Waals surface area contributed by atoms with Gasteiger partial charge in [-0.2, -0.15) is 0 Å². The molecule has 0 spiro atoms. The van der Waals surface area contributed by atoms with Gasteiger partial charge in [-0.25, -0.2) is 0 Å². The van der Waals surface area contributed by atoms with Gasteiger partial charge in [-0.3, -0.25) is 9.59 Å². The number of ketones is 2. The maximum atomic E-state index is 11.5. The quantitative estimate of drug-likeness (QED) is 0.425. The Hall–Kier alpha value is -1.84. The van der Waals surface area contributed by atoms with Crippen LogP contribution in [0, 0.1) is 6.92 Å². The number of carbonyl (C=O) groups is 2. The largest absolute Gasteiger partial charge is 0.458 e. The van der Waals surface area contributed by atoms with Crippen molar-refractivity contribution in [3.8, 4) is 0 Å². The molecule has 1 aromatic heterocycles. The van der Waals surface area contributed by atoms with Gasteiger partial charge in [-0.1, -0.05) is 0 Å². The third-order valence-corrected chi connectivity index (χ3v) is 1.71. The molecule has 0 amide bonds. The lowest BCUT2D eigenvalue weighted by Crippen LogP contribution is -2.12. The minimum atomic E-state index is -0.624. The summed E-state index contributed by atoms with van der Waals surface area (Å²) in [5, 5.41) is 0. The zero-order chi connectivity index (χ0) is 11.4. The molecule has 0 unspecified atom stereocenters. The van der Waals surface area contributed by atoms with Gasteiger partial charge >= 0.3 is 0 Å². The number of aryl methyl sites for hydroxylation is 1. The van der Waals surface area contributed by atoms with Gasteiger partial charge < -0.3 is 9.32 Å². The Balaban J connectivity index is 2.74. The van der Waals surface area contributed by atoms with Crippen molar-refractivity contribution >= 4 is 11.6 Å². The van der Waals surface area contributed by atoms with E-state index in [9.17, 15) is 9.59 Å². The van der Waals surface area contributed by atoms with Crippen molar-refractivity contribution < 1.29 is 14.0 Å². The summed E-state index contributed by atoms with van der Waals surface area (Å²) in [6.45, 7) is 1.72. The van der Waals surface area contributed by atoms with E-state index in [-0.39, 0.29) is 5.76 Å². The molecule has 0 atom stereocenters. The van der Waals surface area contributed by atoms with Crippen molar-refractivity contribution in [1.82, 2.24) is 4.90 Å². The summed E-state index contributed by atoms with van der Waals surface area (Å²) in [6, 6.07) is 3.15. The van der Waals surface area contributed by atoms with Gasteiger partial charge in [-0.05, 0) is 19.1 Å². The molecule has 4 heteroatoms. The van der Waals surface area contributed by atoms with Gasteiger partial charge in [0.05, 0.1) is 0 Å². The Morgan fingerprint density at radius 2 is 2.00 bits per heavy atom. The molecule has 4 nitrogen and oxygen atoms in total. The highest BCUT2D eigenvalue weighted by atomic mass is 16.3. The van der Waals surface area contributed by atoms with Crippen LogP contribution in [0.3, 0.4) is 0 Å². The Bertz CT molecular complexity index is 402. The van der Waals surface area contributed by atoms with Crippen LogP contribution in [0.2, 0.25) is 0 Å². The summed E-state index contributed by atoms with van der Waals surface area (Å²) in [6.07, 6.45) is 2.75. The first-order valence-electron chi connectivity index (χ1n) is 4.50. The van der Waals surface area contributed by atoms with E-state index in [2.05, 4.69) is 0 Å². The van der Waals surface area contributed by atoms with Gasteiger partial charge in [0.1, 0.15) is 5.76 Å². The summed E-state index contributed by atoms with van der Waals surface area (Å²) < 4.78 is 5.06. The molecule has 1 heterocycles. The van der Waals surface area contributed by atoms with Crippen molar-refractivity contribution in [2.24, 2.45) is 0 Å². The van der Waals surface area contributed by atoms with Gasteiger partial charge in [0.15, 0.2) is 5.76 Å². The number of rotatable bonds is 4. The minimum Gasteiger partial charge on any atom is -0.458 e. The molecule has 0 aliphatic rings. The fraction of sp³-hybridized carbons (Fsp3) is 0.273. The molecular formula is C11H13NO3. The van der Waals surface area contributed by atoms with E-state index < -0.39 is 11.6 Å². The summed E-state index contributed by atoms with van der Waals surface area (Å²) >= 11 is 0. The van der Waals surface area contributed by atoms with E-state index >= 15 is 0 Å². The molecule has 0 N–H and O–H groups in total. The smallest absolute Gasteiger partial charge is 0.268 e. The van der Waals surface area contributed by atoms with Gasteiger partial charge in [-0.15, -0.1) is 0 Å². The standard InChI is InChI=1S/C11H13NO3/c1-8-4-5-10(15-8)11(14)9(13)6-7-12(2)3/h4-7H,1-3H3/b7-6+. The van der Waals surface area contributed by atoms with Crippen LogP contribution >= 0.6 is 0 Å². The van der Waals surface area contributed by atoms with Crippen LogP contribution in [-0.4, -0.2) is 30.6 Å². The van der Waals surface area contributed by atoms with E-state index in [1.54, 1.807) is 32.0 Å². The molecule has 0 aliphatic heterocycles. The van der Waals surface area contributed by atoms with Crippen LogP contribution in [0.5, 0.6) is 0 Å². The van der Waals surface area contributed by atoms with Crippen molar-refractivity contribution in [3.05, 3.63) is 35.9 Å². The summed E-state index contributed by atoms with van der Waals surface area (Å²) in [5.41, 5.74) is 0. The Labute approximate surface area is 88.2 Å². The molecule has 0 aromatic carbocycles. The first-order valence-corrected chi connectivity index (χ1v) is 4.50. The first-order chi connectivity index (χ1) is 7.00. The monoisotopic (exact) mass is 207 g/mol. The second kappa shape index (κ2) is 4.59. The second-order valence-corrected chi connectivity index (χ2v) is 3.38. The van der Waals surface area contributed by atoms with E-state index in [1.165, 1.54) is 18.3 Å². The van der Waals surface area contributed by atoms with E-state index in [1.807, 2.05) is 0 Å². The number of hydrogen-bond donors (Lipinski definition) is 0. The third-order valence-electron chi connectivity index (χ3n) is 1.71. The zero-order valence-electron chi connectivity index (χ0n) is 8.98. The summed E-state index contributed by atoms with van der Waals surface area (Å²) in [4.78, 5) is 24.5. The predicted molar refractivity (Wildman–Crippen MR) is 55.6 cm³/mol. The minimum absolute atomic E-state index is 0.0842. The number of nitrogens with zero attached hydrogens (tertiary/aromatic N) is 1. The van der Waals surface area contributed by atoms with E-state index in [0.717, 1.165) is 0 Å². The van der Waals surface area contributed by atoms with Crippen molar-refractivity contribution in [2.75, 3.05) is 14.1 Å². The first kappa shape index (κ1) is 11.2. The molecule has 0 radical (unpaired) electrons. The van der Waals surface area contributed by atoms with Gasteiger partial charge in [0.25, 0.3) is 5.78 Å². The van der Waals surface area contributed by atoms with Crippen molar-refractivity contribution in [1.29, 1.82) is 0 Å². The van der Waals surface area contributed by atoms with Gasteiger partial charge in [0.2, 0.25) is 5.78 Å². The maximum absolute atomic E-state index is 11.5. The number of carbonyl (C=O) groups excluding carboxylic acids is 2. The molecule has 0 fully saturated rings. The van der Waals surface area contributed by atoms with Crippen LogP contribution in [0.15, 0.2) is 28.8 Å². The molecular weight excluding hydrogens is 194 g/mol. The normalized spacial score (nSPS) is 10.6. The highest BCUT2D eigenvalue weighted by Crippen LogP contribution is 2.07. The highest BCUT2D eigenvalue weighted by molar-refractivity contribution is 6.46. The lowest BCUT2D eigenvalue weighted by molar-refractivity contribution is -0.111. The average molecular weight is 207 g/mol. The fourth-order valence-corrected chi connectivity index (χ4v) is 0.970. The Kier molecular flexibility index (Phi) is 3.44. The molecule has 0 saturated heterocycles. The van der Waals surface area contributed by atoms with Crippen molar-refractivity contribution in [2.45, 2.75) is 6.92 Å². The zero-order valence-corrected chi connectivity index (χ0v) is 8.98. The third kappa shape index (κ3) is 3.09. The fourth-order valence-electron chi connectivity index (χ4n) is 0.970. The molecule has 1 rings (SSSR count). The molecule has 0 saturated carbocycles. The lowest BCUT2D eigenvalue weighted by Gasteiger charge is -2.01. The Morgan fingerprint density at radius 1 is 1.33 bits per heavy atom. The topological polar surface area (TPSA) is 50.5 Å². The highest BCUT2D eigenvalue weighted by Gasteiger charge is 2.16. The van der Waals surface area contributed by atoms with Crippen LogP contribution in [0.25, 0.3) is 0 Å². The van der Waals surface area contributed by atoms with Crippen molar-refractivity contribution in [3.63, 3.8) is 0 Å². The van der Waals surface area contributed by atoms with Crippen LogP contribution in [0.1, 0.15) is 16.3 Å². The molecule has 0 bridgehead atoms. The van der Waals surface area contributed by atoms with Crippen LogP contribution < -0.4 is 0 Å². The van der Waals surface area contributed by atoms with Crippen LogP contribution in [-0.2, 0) is 4.79 Å². The maximum Gasteiger partial charge on any atom is 0.268 e. The number of allylic oxidation sites excluding steroid dienone is 1. The van der Waals surface area contributed by atoms with E-state index in [0.29, 0.717) is 5.76 Å². The van der Waals surface area contributed by atoms with E-state index in [4.69, 9.17) is 4.42 Å². The number of hydrogen-bond acceptors (Lipinski definition) is 4. The summed E-state index contributed by atoms with van der Waals surface area (Å²) in [7, 11) is 3.54. The lowest BCUT2D eigenvalue weighted by atomic mass is 10.2.